The maximum absolute atomic E-state index is 12.3. The van der Waals surface area contributed by atoms with Gasteiger partial charge in [0, 0.05) is 23.4 Å². The molecule has 0 aromatic heterocycles. The number of ether oxygens (including phenoxy) is 2. The van der Waals surface area contributed by atoms with Crippen LogP contribution in [0.2, 0.25) is 0 Å². The molecule has 0 spiro atoms. The van der Waals surface area contributed by atoms with Crippen molar-refractivity contribution in [1.29, 1.82) is 0 Å². The van der Waals surface area contributed by atoms with E-state index in [2.05, 4.69) is 20.7 Å². The van der Waals surface area contributed by atoms with Crippen LogP contribution in [0.3, 0.4) is 0 Å². The average molecular weight is 341 g/mol. The van der Waals surface area contributed by atoms with E-state index in [1.807, 2.05) is 24.3 Å². The fraction of sp³-hybridized carbons (Fsp3) is 0.222. The number of carbonyl (C=O) groups is 2. The van der Waals surface area contributed by atoms with E-state index in [4.69, 9.17) is 4.74 Å². The predicted molar refractivity (Wildman–Crippen MR) is 93.9 cm³/mol. The normalized spacial score (nSPS) is 15.3. The Labute approximate surface area is 145 Å². The molecule has 7 nitrogen and oxygen atoms in total. The zero-order chi connectivity index (χ0) is 17.6. The number of rotatable bonds is 3. The van der Waals surface area contributed by atoms with Crippen LogP contribution in [0, 0.1) is 0 Å². The molecule has 7 heteroatoms. The minimum absolute atomic E-state index is 0.110. The van der Waals surface area contributed by atoms with Crippen molar-refractivity contribution in [3.05, 3.63) is 54.1 Å². The van der Waals surface area contributed by atoms with Gasteiger partial charge in [0.05, 0.1) is 19.8 Å². The summed E-state index contributed by atoms with van der Waals surface area (Å²) in [5.74, 6) is 0.795. The summed E-state index contributed by atoms with van der Waals surface area (Å²) in [6.45, 7) is 0.556. The predicted octanol–water partition coefficient (Wildman–Crippen LogP) is 3.51. The van der Waals surface area contributed by atoms with Gasteiger partial charge < -0.3 is 20.1 Å². The number of benzene rings is 2. The largest absolute Gasteiger partial charge is 0.493 e. The standard InChI is InChI=1S/C18H19N3O4/c1-24-18(23)20-13-6-4-5-12(11-13)19-17(22)21-15-9-10-25-16-8-3-2-7-14(15)16/h2-8,11,15H,9-10H2,1H3,(H,20,23)(H2,19,21,22). The highest BCUT2D eigenvalue weighted by Gasteiger charge is 2.22. The highest BCUT2D eigenvalue weighted by atomic mass is 16.5. The van der Waals surface area contributed by atoms with Crippen LogP contribution in [0.25, 0.3) is 0 Å². The van der Waals surface area contributed by atoms with Gasteiger partial charge in [-0.15, -0.1) is 0 Å². The molecule has 1 heterocycles. The van der Waals surface area contributed by atoms with Gasteiger partial charge in [-0.2, -0.15) is 0 Å². The minimum Gasteiger partial charge on any atom is -0.493 e. The minimum atomic E-state index is -0.569. The summed E-state index contributed by atoms with van der Waals surface area (Å²) >= 11 is 0. The van der Waals surface area contributed by atoms with Crippen LogP contribution >= 0.6 is 0 Å². The summed E-state index contributed by atoms with van der Waals surface area (Å²) in [6, 6.07) is 14.0. The first kappa shape index (κ1) is 16.6. The van der Waals surface area contributed by atoms with Crippen molar-refractivity contribution >= 4 is 23.5 Å². The fourth-order valence-electron chi connectivity index (χ4n) is 2.66. The zero-order valence-corrected chi connectivity index (χ0v) is 13.7. The van der Waals surface area contributed by atoms with Gasteiger partial charge in [-0.25, -0.2) is 9.59 Å². The molecule has 1 aliphatic heterocycles. The first-order chi connectivity index (χ1) is 12.2. The smallest absolute Gasteiger partial charge is 0.411 e. The molecule has 2 aromatic carbocycles. The van der Waals surface area contributed by atoms with Crippen molar-refractivity contribution in [3.63, 3.8) is 0 Å². The second-order valence-electron chi connectivity index (χ2n) is 5.52. The number of nitrogens with one attached hydrogen (secondary N) is 3. The van der Waals surface area contributed by atoms with Gasteiger partial charge in [0.1, 0.15) is 5.75 Å². The molecule has 25 heavy (non-hydrogen) atoms. The Morgan fingerprint density at radius 2 is 1.84 bits per heavy atom. The Bertz CT molecular complexity index is 778. The lowest BCUT2D eigenvalue weighted by Gasteiger charge is -2.26. The maximum atomic E-state index is 12.3. The molecule has 2 aromatic rings. The van der Waals surface area contributed by atoms with Gasteiger partial charge in [0.2, 0.25) is 0 Å². The summed E-state index contributed by atoms with van der Waals surface area (Å²) < 4.78 is 10.1. The highest BCUT2D eigenvalue weighted by molar-refractivity contribution is 5.91. The van der Waals surface area contributed by atoms with Crippen LogP contribution in [-0.4, -0.2) is 25.8 Å². The van der Waals surface area contributed by atoms with Crippen molar-refractivity contribution in [2.24, 2.45) is 0 Å². The van der Waals surface area contributed by atoms with Crippen LogP contribution in [0.15, 0.2) is 48.5 Å². The molecule has 1 atom stereocenters. The number of hydrogen-bond acceptors (Lipinski definition) is 4. The Morgan fingerprint density at radius 1 is 1.08 bits per heavy atom. The van der Waals surface area contributed by atoms with Crippen molar-refractivity contribution in [2.45, 2.75) is 12.5 Å². The SMILES string of the molecule is COC(=O)Nc1cccc(NC(=O)NC2CCOc3ccccc32)c1. The van der Waals surface area contributed by atoms with E-state index in [0.29, 0.717) is 24.4 Å². The van der Waals surface area contributed by atoms with E-state index >= 15 is 0 Å². The molecule has 3 N–H and O–H groups in total. The molecule has 0 radical (unpaired) electrons. The summed E-state index contributed by atoms with van der Waals surface area (Å²) in [6.07, 6.45) is 0.134. The lowest BCUT2D eigenvalue weighted by atomic mass is 10.0. The van der Waals surface area contributed by atoms with Gasteiger partial charge in [-0.1, -0.05) is 24.3 Å². The molecule has 0 saturated heterocycles. The van der Waals surface area contributed by atoms with E-state index in [1.165, 1.54) is 7.11 Å². The average Bonchev–Trinajstić information content (AvgIpc) is 2.62. The van der Waals surface area contributed by atoms with Gasteiger partial charge in [0.15, 0.2) is 0 Å². The summed E-state index contributed by atoms with van der Waals surface area (Å²) in [4.78, 5) is 23.6. The number of hydrogen-bond donors (Lipinski definition) is 3. The zero-order valence-electron chi connectivity index (χ0n) is 13.7. The van der Waals surface area contributed by atoms with Crippen LogP contribution in [0.5, 0.6) is 5.75 Å². The highest BCUT2D eigenvalue weighted by Crippen LogP contribution is 2.31. The molecule has 130 valence electrons. The molecule has 0 aliphatic carbocycles. The first-order valence-corrected chi connectivity index (χ1v) is 7.90. The maximum Gasteiger partial charge on any atom is 0.411 e. The van der Waals surface area contributed by atoms with E-state index in [0.717, 1.165) is 11.3 Å². The third-order valence-electron chi connectivity index (χ3n) is 3.82. The Kier molecular flexibility index (Phi) is 5.03. The number of carbonyl (C=O) groups excluding carboxylic acids is 2. The van der Waals surface area contributed by atoms with Crippen molar-refractivity contribution in [3.8, 4) is 5.75 Å². The third kappa shape index (κ3) is 4.20. The van der Waals surface area contributed by atoms with Gasteiger partial charge in [-0.3, -0.25) is 5.32 Å². The fourth-order valence-corrected chi connectivity index (χ4v) is 2.66. The third-order valence-corrected chi connectivity index (χ3v) is 3.82. The quantitative estimate of drug-likeness (QED) is 0.797. The Hall–Kier alpha value is -3.22. The van der Waals surface area contributed by atoms with Crippen molar-refractivity contribution in [2.75, 3.05) is 24.4 Å². The van der Waals surface area contributed by atoms with Crippen molar-refractivity contribution < 1.29 is 19.1 Å². The second kappa shape index (κ2) is 7.57. The Morgan fingerprint density at radius 3 is 2.64 bits per heavy atom. The van der Waals surface area contributed by atoms with E-state index < -0.39 is 6.09 Å². The monoisotopic (exact) mass is 341 g/mol. The summed E-state index contributed by atoms with van der Waals surface area (Å²) in [5.41, 5.74) is 2.05. The number of amides is 3. The topological polar surface area (TPSA) is 88.7 Å². The van der Waals surface area contributed by atoms with Crippen LogP contribution in [0.1, 0.15) is 18.0 Å². The van der Waals surface area contributed by atoms with Crippen molar-refractivity contribution in [1.82, 2.24) is 5.32 Å². The molecule has 3 rings (SSSR count). The molecular weight excluding hydrogens is 322 g/mol. The molecule has 1 aliphatic rings. The van der Waals surface area contributed by atoms with Gasteiger partial charge >= 0.3 is 12.1 Å². The van der Waals surface area contributed by atoms with Gasteiger partial charge in [0.25, 0.3) is 0 Å². The molecule has 1 unspecified atom stereocenters. The molecule has 0 saturated carbocycles. The second-order valence-corrected chi connectivity index (χ2v) is 5.52. The summed E-state index contributed by atoms with van der Waals surface area (Å²) in [5, 5.41) is 8.27. The number of fused-ring (bicyclic) bond motifs is 1. The number of para-hydroxylation sites is 1. The molecule has 0 bridgehead atoms. The number of anilines is 2. The van der Waals surface area contributed by atoms with E-state index in [9.17, 15) is 9.59 Å². The lowest BCUT2D eigenvalue weighted by Crippen LogP contribution is -2.35. The summed E-state index contributed by atoms with van der Waals surface area (Å²) in [7, 11) is 1.29. The molecular formula is C18H19N3O4. The first-order valence-electron chi connectivity index (χ1n) is 7.90. The molecule has 3 amide bonds. The number of methoxy groups -OCH3 is 1. The van der Waals surface area contributed by atoms with Crippen LogP contribution in [-0.2, 0) is 4.74 Å². The van der Waals surface area contributed by atoms with Gasteiger partial charge in [-0.05, 0) is 24.3 Å². The number of urea groups is 1. The molecule has 0 fully saturated rings. The van der Waals surface area contributed by atoms with E-state index in [1.54, 1.807) is 24.3 Å². The van der Waals surface area contributed by atoms with E-state index in [-0.39, 0.29) is 12.1 Å². The van der Waals surface area contributed by atoms with Crippen LogP contribution in [0.4, 0.5) is 21.0 Å². The Balaban J connectivity index is 1.64. The van der Waals surface area contributed by atoms with Crippen LogP contribution < -0.4 is 20.7 Å². The lowest BCUT2D eigenvalue weighted by molar-refractivity contribution is 0.187.